The molecule has 7 nitrogen and oxygen atoms in total. The summed E-state index contributed by atoms with van der Waals surface area (Å²) in [6.45, 7) is 5.35. The van der Waals surface area contributed by atoms with Crippen LogP contribution < -0.4 is 11.1 Å². The van der Waals surface area contributed by atoms with Crippen LogP contribution in [0.15, 0.2) is 42.4 Å². The van der Waals surface area contributed by atoms with Crippen LogP contribution >= 0.6 is 0 Å². The summed E-state index contributed by atoms with van der Waals surface area (Å²) in [5.41, 5.74) is 8.24. The van der Waals surface area contributed by atoms with E-state index in [4.69, 9.17) is 15.5 Å². The van der Waals surface area contributed by atoms with E-state index < -0.39 is 5.60 Å². The maximum atomic E-state index is 10.00. The second-order valence-corrected chi connectivity index (χ2v) is 7.79. The number of ether oxygens (including phenoxy) is 1. The van der Waals surface area contributed by atoms with E-state index in [0.29, 0.717) is 18.3 Å². The Balaban J connectivity index is 1.78. The Bertz CT molecular complexity index is 1010. The number of imidazole rings is 1. The quantitative estimate of drug-likeness (QED) is 0.628. The Morgan fingerprint density at radius 1 is 1.32 bits per heavy atom. The molecule has 148 valence electrons. The van der Waals surface area contributed by atoms with Gasteiger partial charge in [-0.2, -0.15) is 0 Å². The van der Waals surface area contributed by atoms with Crippen molar-refractivity contribution in [3.05, 3.63) is 48.2 Å². The molecule has 3 heterocycles. The number of hydrogen-bond donors (Lipinski definition) is 3. The highest BCUT2D eigenvalue weighted by Gasteiger charge is 2.23. The Kier molecular flexibility index (Phi) is 4.95. The average molecular weight is 381 g/mol. The topological polar surface area (TPSA) is 98.2 Å². The number of aliphatic hydroxyl groups is 1. The van der Waals surface area contributed by atoms with Crippen LogP contribution in [0.2, 0.25) is 0 Å². The molecular weight excluding hydrogens is 354 g/mol. The van der Waals surface area contributed by atoms with Crippen molar-refractivity contribution in [2.24, 2.45) is 5.73 Å². The van der Waals surface area contributed by atoms with Gasteiger partial charge in [0.15, 0.2) is 0 Å². The van der Waals surface area contributed by atoms with Gasteiger partial charge in [0.05, 0.1) is 35.1 Å². The number of pyridine rings is 1. The number of nitrogens with zero attached hydrogens (tertiary/aromatic N) is 3. The lowest BCUT2D eigenvalue weighted by molar-refractivity contribution is 0.0698. The molecule has 0 aliphatic carbocycles. The van der Waals surface area contributed by atoms with E-state index in [2.05, 4.69) is 20.9 Å². The highest BCUT2D eigenvalue weighted by Crippen LogP contribution is 2.31. The Morgan fingerprint density at radius 2 is 2.07 bits per heavy atom. The molecule has 1 aromatic carbocycles. The molecule has 1 aliphatic rings. The molecule has 1 saturated heterocycles. The van der Waals surface area contributed by atoms with E-state index in [1.807, 2.05) is 24.4 Å². The summed E-state index contributed by atoms with van der Waals surface area (Å²) in [5.74, 6) is 0.930. The van der Waals surface area contributed by atoms with E-state index in [9.17, 15) is 5.11 Å². The predicted octanol–water partition coefficient (Wildman–Crippen LogP) is 2.60. The van der Waals surface area contributed by atoms with Crippen LogP contribution in [0.4, 0.5) is 0 Å². The molecule has 0 amide bonds. The monoisotopic (exact) mass is 381 g/mol. The van der Waals surface area contributed by atoms with Crippen molar-refractivity contribution in [1.29, 1.82) is 0 Å². The van der Waals surface area contributed by atoms with Gasteiger partial charge in [0, 0.05) is 30.8 Å². The number of benzene rings is 1. The molecular formula is C21H27N5O2. The highest BCUT2D eigenvalue weighted by atomic mass is 16.5. The van der Waals surface area contributed by atoms with Gasteiger partial charge in [0.1, 0.15) is 11.3 Å². The molecule has 7 heteroatoms. The normalized spacial score (nSPS) is 16.8. The zero-order valence-electron chi connectivity index (χ0n) is 16.4. The van der Waals surface area contributed by atoms with Crippen molar-refractivity contribution < 1.29 is 9.84 Å². The van der Waals surface area contributed by atoms with Gasteiger partial charge in [0.25, 0.3) is 0 Å². The number of hydrogen-bond acceptors (Lipinski definition) is 6. The van der Waals surface area contributed by atoms with Crippen molar-refractivity contribution in [2.75, 3.05) is 13.2 Å². The summed E-state index contributed by atoms with van der Waals surface area (Å²) < 4.78 is 7.91. The lowest BCUT2D eigenvalue weighted by Gasteiger charge is -2.26. The first-order chi connectivity index (χ1) is 13.4. The van der Waals surface area contributed by atoms with Gasteiger partial charge >= 0.3 is 0 Å². The summed E-state index contributed by atoms with van der Waals surface area (Å²) in [6, 6.07) is 8.50. The Labute approximate surface area is 164 Å². The Morgan fingerprint density at radius 3 is 2.82 bits per heavy atom. The van der Waals surface area contributed by atoms with Crippen LogP contribution in [0.3, 0.4) is 0 Å². The fourth-order valence-corrected chi connectivity index (χ4v) is 3.66. The fraction of sp³-hybridized carbons (Fsp3) is 0.429. The van der Waals surface area contributed by atoms with Gasteiger partial charge < -0.3 is 25.5 Å². The SMILES string of the molecule is CC(C)(O)/C(N)=C/NCc1nc2cnc3ccccc3c2n1C1CCOCC1. The summed E-state index contributed by atoms with van der Waals surface area (Å²) in [5, 5.41) is 14.3. The standard InChI is InChI=1S/C21H27N5O2/c1-21(2,27)18(22)12-23-13-19-25-17-11-24-16-6-4-3-5-15(16)20(17)26(19)14-7-9-28-10-8-14/h3-6,11-12,14,23,27H,7-10,13,22H2,1-2H3/b18-12-. The third kappa shape index (κ3) is 3.55. The molecule has 28 heavy (non-hydrogen) atoms. The Hall–Kier alpha value is -2.64. The molecule has 0 bridgehead atoms. The van der Waals surface area contributed by atoms with E-state index in [-0.39, 0.29) is 0 Å². The zero-order chi connectivity index (χ0) is 19.7. The summed E-state index contributed by atoms with van der Waals surface area (Å²) in [7, 11) is 0. The number of nitrogens with one attached hydrogen (secondary N) is 1. The molecule has 0 unspecified atom stereocenters. The van der Waals surface area contributed by atoms with Crippen molar-refractivity contribution in [3.8, 4) is 0 Å². The number of rotatable bonds is 5. The first-order valence-corrected chi connectivity index (χ1v) is 9.69. The number of para-hydroxylation sites is 1. The summed E-state index contributed by atoms with van der Waals surface area (Å²) in [6.07, 6.45) is 5.41. The van der Waals surface area contributed by atoms with Gasteiger partial charge in [-0.05, 0) is 32.8 Å². The van der Waals surface area contributed by atoms with Crippen LogP contribution in [-0.2, 0) is 11.3 Å². The van der Waals surface area contributed by atoms with Gasteiger partial charge in [-0.3, -0.25) is 4.98 Å². The van der Waals surface area contributed by atoms with Crippen LogP contribution in [0.1, 0.15) is 38.6 Å². The van der Waals surface area contributed by atoms with Gasteiger partial charge in [-0.1, -0.05) is 18.2 Å². The number of nitrogens with two attached hydrogens (primary N) is 1. The van der Waals surface area contributed by atoms with Crippen molar-refractivity contribution >= 4 is 21.9 Å². The number of fused-ring (bicyclic) bond motifs is 3. The van der Waals surface area contributed by atoms with Crippen molar-refractivity contribution in [2.45, 2.75) is 44.9 Å². The van der Waals surface area contributed by atoms with Crippen molar-refractivity contribution in [3.63, 3.8) is 0 Å². The molecule has 0 spiro atoms. The van der Waals surface area contributed by atoms with Crippen LogP contribution in [0, 0.1) is 0 Å². The summed E-state index contributed by atoms with van der Waals surface area (Å²) >= 11 is 0. The second-order valence-electron chi connectivity index (χ2n) is 7.79. The molecule has 0 radical (unpaired) electrons. The van der Waals surface area contributed by atoms with Gasteiger partial charge in [-0.15, -0.1) is 0 Å². The van der Waals surface area contributed by atoms with Gasteiger partial charge in [-0.25, -0.2) is 4.98 Å². The highest BCUT2D eigenvalue weighted by molar-refractivity contribution is 6.02. The maximum absolute atomic E-state index is 10.00. The summed E-state index contributed by atoms with van der Waals surface area (Å²) in [4.78, 5) is 9.43. The van der Waals surface area contributed by atoms with E-state index in [1.165, 1.54) is 0 Å². The fourth-order valence-electron chi connectivity index (χ4n) is 3.66. The first-order valence-electron chi connectivity index (χ1n) is 9.69. The van der Waals surface area contributed by atoms with Crippen LogP contribution in [0.25, 0.3) is 21.9 Å². The second kappa shape index (κ2) is 7.41. The van der Waals surface area contributed by atoms with E-state index in [1.54, 1.807) is 20.0 Å². The molecule has 2 aromatic heterocycles. The minimum Gasteiger partial charge on any atom is -0.399 e. The molecule has 1 aliphatic heterocycles. The first kappa shape index (κ1) is 18.7. The molecule has 4 N–H and O–H groups in total. The zero-order valence-corrected chi connectivity index (χ0v) is 16.4. The molecule has 1 fully saturated rings. The van der Waals surface area contributed by atoms with Gasteiger partial charge in [0.2, 0.25) is 0 Å². The largest absolute Gasteiger partial charge is 0.399 e. The molecule has 3 aromatic rings. The minimum atomic E-state index is -1.06. The maximum Gasteiger partial charge on any atom is 0.129 e. The smallest absolute Gasteiger partial charge is 0.129 e. The third-order valence-corrected chi connectivity index (χ3v) is 5.28. The molecule has 4 rings (SSSR count). The number of aromatic nitrogens is 3. The molecule has 0 atom stereocenters. The van der Waals surface area contributed by atoms with Crippen LogP contribution in [-0.4, -0.2) is 38.5 Å². The third-order valence-electron chi connectivity index (χ3n) is 5.28. The lowest BCUT2D eigenvalue weighted by atomic mass is 10.1. The molecule has 0 saturated carbocycles. The average Bonchev–Trinajstić information content (AvgIpc) is 3.06. The van der Waals surface area contributed by atoms with E-state index >= 15 is 0 Å². The van der Waals surface area contributed by atoms with E-state index in [0.717, 1.165) is 53.8 Å². The van der Waals surface area contributed by atoms with Crippen molar-refractivity contribution in [1.82, 2.24) is 19.9 Å². The minimum absolute atomic E-state index is 0.331. The lowest BCUT2D eigenvalue weighted by Crippen LogP contribution is -2.29. The predicted molar refractivity (Wildman–Crippen MR) is 110 cm³/mol. The van der Waals surface area contributed by atoms with Crippen LogP contribution in [0.5, 0.6) is 0 Å².